The number of nitrogens with zero attached hydrogens (tertiary/aromatic N) is 3. The van der Waals surface area contributed by atoms with Gasteiger partial charge >= 0.3 is 6.61 Å². The average Bonchev–Trinajstić information content (AvgIpc) is 3.34. The molecule has 0 saturated heterocycles. The van der Waals surface area contributed by atoms with E-state index in [1.165, 1.54) is 6.07 Å². The van der Waals surface area contributed by atoms with Crippen molar-refractivity contribution in [2.75, 3.05) is 7.05 Å². The minimum atomic E-state index is -2.88. The fraction of sp³-hybridized carbons (Fsp3) is 0.235. The van der Waals surface area contributed by atoms with Gasteiger partial charge in [0.15, 0.2) is 11.7 Å². The highest BCUT2D eigenvalue weighted by molar-refractivity contribution is 5.79. The van der Waals surface area contributed by atoms with E-state index in [0.717, 1.165) is 0 Å². The number of aliphatic imine (C=N–C) groups is 1. The lowest BCUT2D eigenvalue weighted by Gasteiger charge is -2.14. The molecule has 3 N–H and O–H groups in total. The number of para-hydroxylation sites is 1. The van der Waals surface area contributed by atoms with Crippen LogP contribution in [0.3, 0.4) is 0 Å². The summed E-state index contributed by atoms with van der Waals surface area (Å²) in [6.45, 7) is -2.28. The van der Waals surface area contributed by atoms with Crippen molar-refractivity contribution in [3.63, 3.8) is 0 Å². The molecule has 0 amide bonds. The smallest absolute Gasteiger partial charge is 0.387 e. The van der Waals surface area contributed by atoms with Gasteiger partial charge in [-0.25, -0.2) is 4.98 Å². The Morgan fingerprint density at radius 1 is 1.22 bits per heavy atom. The topological polar surface area (TPSA) is 100 Å². The van der Waals surface area contributed by atoms with Gasteiger partial charge in [-0.15, -0.1) is 5.10 Å². The summed E-state index contributed by atoms with van der Waals surface area (Å²) in [5.74, 6) is 2.20. The number of nitrogens with one attached hydrogen (secondary N) is 3. The lowest BCUT2D eigenvalue weighted by Crippen LogP contribution is -2.36. The number of guanidine groups is 1. The molecule has 0 saturated carbocycles. The first kappa shape index (κ1) is 18.4. The van der Waals surface area contributed by atoms with E-state index in [1.54, 1.807) is 43.6 Å². The van der Waals surface area contributed by atoms with Gasteiger partial charge in [-0.1, -0.05) is 18.2 Å². The van der Waals surface area contributed by atoms with Crippen LogP contribution in [0.1, 0.15) is 11.4 Å². The zero-order valence-electron chi connectivity index (χ0n) is 14.4. The largest absolute Gasteiger partial charge is 0.461 e. The molecule has 0 fully saturated rings. The van der Waals surface area contributed by atoms with E-state index in [-0.39, 0.29) is 12.3 Å². The third-order valence-corrected chi connectivity index (χ3v) is 3.56. The molecule has 0 aliphatic heterocycles. The van der Waals surface area contributed by atoms with Crippen LogP contribution in [-0.4, -0.2) is 34.8 Å². The standard InChI is InChI=1S/C17H18F2N6O2/c1-20-17(21-9-11-5-2-3-6-12(11)27-16(18)19)22-10-14-23-15(25-24-14)13-7-4-8-26-13/h2-8,16H,9-10H2,1H3,(H2,20,21,22)(H,23,24,25). The normalized spacial score (nSPS) is 11.6. The Labute approximate surface area is 153 Å². The van der Waals surface area contributed by atoms with Crippen LogP contribution < -0.4 is 15.4 Å². The van der Waals surface area contributed by atoms with Gasteiger partial charge in [0.25, 0.3) is 0 Å². The Morgan fingerprint density at radius 2 is 2.04 bits per heavy atom. The fourth-order valence-corrected chi connectivity index (χ4v) is 2.32. The van der Waals surface area contributed by atoms with E-state index in [2.05, 4.69) is 35.5 Å². The summed E-state index contributed by atoms with van der Waals surface area (Å²) in [7, 11) is 1.60. The molecule has 10 heteroatoms. The van der Waals surface area contributed by atoms with Crippen molar-refractivity contribution >= 4 is 5.96 Å². The van der Waals surface area contributed by atoms with E-state index >= 15 is 0 Å². The van der Waals surface area contributed by atoms with E-state index in [1.807, 2.05) is 0 Å². The maximum absolute atomic E-state index is 12.5. The predicted octanol–water partition coefficient (Wildman–Crippen LogP) is 2.53. The highest BCUT2D eigenvalue weighted by Gasteiger charge is 2.11. The molecule has 142 valence electrons. The highest BCUT2D eigenvalue weighted by Crippen LogP contribution is 2.20. The Hall–Kier alpha value is -3.43. The van der Waals surface area contributed by atoms with E-state index in [9.17, 15) is 8.78 Å². The van der Waals surface area contributed by atoms with Gasteiger partial charge in [0.05, 0.1) is 12.8 Å². The van der Waals surface area contributed by atoms with E-state index in [0.29, 0.717) is 35.5 Å². The minimum Gasteiger partial charge on any atom is -0.461 e. The van der Waals surface area contributed by atoms with Crippen molar-refractivity contribution in [3.05, 3.63) is 54.0 Å². The summed E-state index contributed by atoms with van der Waals surface area (Å²) in [5, 5.41) is 13.0. The molecule has 2 heterocycles. The van der Waals surface area contributed by atoms with Gasteiger partial charge in [-0.2, -0.15) is 8.78 Å². The molecule has 2 aromatic heterocycles. The first-order chi connectivity index (χ1) is 13.2. The first-order valence-electron chi connectivity index (χ1n) is 8.08. The van der Waals surface area contributed by atoms with Crippen LogP contribution in [0.25, 0.3) is 11.6 Å². The van der Waals surface area contributed by atoms with Gasteiger partial charge in [-0.3, -0.25) is 10.1 Å². The second kappa shape index (κ2) is 8.79. The van der Waals surface area contributed by atoms with Crippen LogP contribution in [0.4, 0.5) is 8.78 Å². The maximum Gasteiger partial charge on any atom is 0.387 e. The molecule has 0 radical (unpaired) electrons. The second-order valence-electron chi connectivity index (χ2n) is 5.35. The summed E-state index contributed by atoms with van der Waals surface area (Å²) in [6.07, 6.45) is 1.55. The quantitative estimate of drug-likeness (QED) is 0.433. The number of furan rings is 1. The number of aromatic amines is 1. The molecule has 0 atom stereocenters. The van der Waals surface area contributed by atoms with Crippen molar-refractivity contribution in [1.82, 2.24) is 25.8 Å². The predicted molar refractivity (Wildman–Crippen MR) is 94.2 cm³/mol. The average molecular weight is 376 g/mol. The van der Waals surface area contributed by atoms with Gasteiger partial charge in [0.2, 0.25) is 5.82 Å². The van der Waals surface area contributed by atoms with Crippen LogP contribution >= 0.6 is 0 Å². The van der Waals surface area contributed by atoms with E-state index < -0.39 is 6.61 Å². The number of halogens is 2. The van der Waals surface area contributed by atoms with Crippen LogP contribution in [0, 0.1) is 0 Å². The summed E-state index contributed by atoms with van der Waals surface area (Å²) >= 11 is 0. The fourth-order valence-electron chi connectivity index (χ4n) is 2.32. The maximum atomic E-state index is 12.5. The van der Waals surface area contributed by atoms with Crippen molar-refractivity contribution in [3.8, 4) is 17.3 Å². The molecule has 1 aromatic carbocycles. The van der Waals surface area contributed by atoms with E-state index in [4.69, 9.17) is 4.42 Å². The van der Waals surface area contributed by atoms with Crippen molar-refractivity contribution in [1.29, 1.82) is 0 Å². The molecule has 3 aromatic rings. The van der Waals surface area contributed by atoms with Crippen molar-refractivity contribution < 1.29 is 17.9 Å². The van der Waals surface area contributed by atoms with Crippen molar-refractivity contribution in [2.45, 2.75) is 19.7 Å². The number of hydrogen-bond donors (Lipinski definition) is 3. The SMILES string of the molecule is CN=C(NCc1nc(-c2ccco2)n[nH]1)NCc1ccccc1OC(F)F. The number of H-pyrrole nitrogens is 1. The molecule has 27 heavy (non-hydrogen) atoms. The second-order valence-corrected chi connectivity index (χ2v) is 5.35. The third kappa shape index (κ3) is 5.03. The Kier molecular flexibility index (Phi) is 5.98. The Bertz CT molecular complexity index is 879. The number of rotatable bonds is 7. The number of ether oxygens (including phenoxy) is 1. The molecular formula is C17H18F2N6O2. The lowest BCUT2D eigenvalue weighted by atomic mass is 10.2. The van der Waals surface area contributed by atoms with Gasteiger partial charge < -0.3 is 19.8 Å². The number of benzene rings is 1. The molecular weight excluding hydrogens is 358 g/mol. The number of alkyl halides is 2. The third-order valence-electron chi connectivity index (χ3n) is 3.56. The summed E-state index contributed by atoms with van der Waals surface area (Å²) in [5.41, 5.74) is 0.584. The molecule has 0 aliphatic carbocycles. The van der Waals surface area contributed by atoms with Gasteiger partial charge in [0.1, 0.15) is 11.6 Å². The molecule has 0 bridgehead atoms. The molecule has 3 rings (SSSR count). The molecule has 0 unspecified atom stereocenters. The van der Waals surface area contributed by atoms with Crippen LogP contribution in [-0.2, 0) is 13.1 Å². The number of hydrogen-bond acceptors (Lipinski definition) is 5. The Morgan fingerprint density at radius 3 is 2.78 bits per heavy atom. The molecule has 0 spiro atoms. The van der Waals surface area contributed by atoms with Crippen molar-refractivity contribution in [2.24, 2.45) is 4.99 Å². The molecule has 0 aliphatic rings. The monoisotopic (exact) mass is 376 g/mol. The molecule has 8 nitrogen and oxygen atoms in total. The summed E-state index contributed by atoms with van der Waals surface area (Å²) in [6, 6.07) is 10.1. The van der Waals surface area contributed by atoms with Gasteiger partial charge in [-0.05, 0) is 18.2 Å². The van der Waals surface area contributed by atoms with Crippen LogP contribution in [0.2, 0.25) is 0 Å². The Balaban J connectivity index is 1.55. The number of aromatic nitrogens is 3. The first-order valence-corrected chi connectivity index (χ1v) is 8.08. The van der Waals surface area contributed by atoms with Gasteiger partial charge in [0, 0.05) is 19.2 Å². The zero-order valence-corrected chi connectivity index (χ0v) is 14.4. The summed E-state index contributed by atoms with van der Waals surface area (Å²) in [4.78, 5) is 8.41. The minimum absolute atomic E-state index is 0.119. The van der Waals surface area contributed by atoms with Crippen LogP contribution in [0.15, 0.2) is 52.1 Å². The highest BCUT2D eigenvalue weighted by atomic mass is 19.3. The summed E-state index contributed by atoms with van der Waals surface area (Å²) < 4.78 is 34.7. The van der Waals surface area contributed by atoms with Crippen LogP contribution in [0.5, 0.6) is 5.75 Å². The zero-order chi connectivity index (χ0) is 19.1. The lowest BCUT2D eigenvalue weighted by molar-refractivity contribution is -0.0504.